The van der Waals surface area contributed by atoms with Gasteiger partial charge in [-0.2, -0.15) is 0 Å². The van der Waals surface area contributed by atoms with Gasteiger partial charge < -0.3 is 9.67 Å². The summed E-state index contributed by atoms with van der Waals surface area (Å²) < 4.78 is 1.82. The average molecular weight is 306 g/mol. The number of nitrogens with zero attached hydrogens (tertiary/aromatic N) is 1. The Balaban J connectivity index is 2.06. The van der Waals surface area contributed by atoms with Gasteiger partial charge >= 0.3 is 0 Å². The smallest absolute Gasteiger partial charge is 0.199 e. The van der Waals surface area contributed by atoms with E-state index in [4.69, 9.17) is 23.2 Å². The van der Waals surface area contributed by atoms with E-state index in [1.165, 1.54) is 0 Å². The van der Waals surface area contributed by atoms with Crippen LogP contribution in [-0.2, 0) is 6.54 Å². The largest absolute Gasteiger partial charge is 0.494 e. The molecular weight excluding hydrogens is 293 g/mol. The van der Waals surface area contributed by atoms with E-state index in [-0.39, 0.29) is 5.88 Å². The Kier molecular flexibility index (Phi) is 3.36. The van der Waals surface area contributed by atoms with Crippen molar-refractivity contribution in [3.63, 3.8) is 0 Å². The first kappa shape index (κ1) is 13.3. The molecule has 0 spiro atoms. The molecule has 0 aliphatic carbocycles. The molecule has 0 aliphatic heterocycles. The van der Waals surface area contributed by atoms with Crippen molar-refractivity contribution in [3.8, 4) is 5.88 Å². The highest BCUT2D eigenvalue weighted by Gasteiger charge is 2.11. The summed E-state index contributed by atoms with van der Waals surface area (Å²) in [6, 6.07) is 11.3. The van der Waals surface area contributed by atoms with Crippen LogP contribution >= 0.6 is 23.2 Å². The lowest BCUT2D eigenvalue weighted by Crippen LogP contribution is -1.96. The van der Waals surface area contributed by atoms with Gasteiger partial charge in [0.15, 0.2) is 5.88 Å². The van der Waals surface area contributed by atoms with Crippen molar-refractivity contribution in [2.75, 3.05) is 0 Å². The topological polar surface area (TPSA) is 25.2 Å². The molecule has 2 aromatic carbocycles. The lowest BCUT2D eigenvalue weighted by Gasteiger charge is -2.05. The normalized spacial score (nSPS) is 11.2. The molecule has 0 bridgehead atoms. The van der Waals surface area contributed by atoms with Crippen molar-refractivity contribution >= 4 is 34.0 Å². The van der Waals surface area contributed by atoms with Gasteiger partial charge in [0, 0.05) is 27.0 Å². The lowest BCUT2D eigenvalue weighted by atomic mass is 10.1. The molecule has 102 valence electrons. The van der Waals surface area contributed by atoms with E-state index in [0.29, 0.717) is 16.6 Å². The van der Waals surface area contributed by atoms with Crippen molar-refractivity contribution in [2.45, 2.75) is 13.5 Å². The van der Waals surface area contributed by atoms with Crippen LogP contribution in [0.15, 0.2) is 42.6 Å². The van der Waals surface area contributed by atoms with Crippen molar-refractivity contribution in [1.82, 2.24) is 4.57 Å². The number of aromatic nitrogens is 1. The Morgan fingerprint density at radius 1 is 1.05 bits per heavy atom. The van der Waals surface area contributed by atoms with E-state index in [2.05, 4.69) is 0 Å². The van der Waals surface area contributed by atoms with Crippen LogP contribution in [-0.4, -0.2) is 9.67 Å². The number of aryl methyl sites for hydroxylation is 1. The van der Waals surface area contributed by atoms with Crippen molar-refractivity contribution in [2.24, 2.45) is 0 Å². The van der Waals surface area contributed by atoms with E-state index in [9.17, 15) is 5.11 Å². The fourth-order valence-corrected chi connectivity index (χ4v) is 2.86. The van der Waals surface area contributed by atoms with Crippen LogP contribution in [0.4, 0.5) is 0 Å². The zero-order valence-electron chi connectivity index (χ0n) is 10.9. The van der Waals surface area contributed by atoms with Crippen LogP contribution in [0.3, 0.4) is 0 Å². The molecule has 20 heavy (non-hydrogen) atoms. The van der Waals surface area contributed by atoms with Gasteiger partial charge in [0.1, 0.15) is 0 Å². The first-order chi connectivity index (χ1) is 9.54. The minimum Gasteiger partial charge on any atom is -0.494 e. The lowest BCUT2D eigenvalue weighted by molar-refractivity contribution is 0.430. The molecule has 4 heteroatoms. The van der Waals surface area contributed by atoms with Crippen molar-refractivity contribution in [3.05, 3.63) is 63.8 Å². The summed E-state index contributed by atoms with van der Waals surface area (Å²) in [5.41, 5.74) is 2.05. The fraction of sp³-hybridized carbons (Fsp3) is 0.125. The first-order valence-electron chi connectivity index (χ1n) is 6.27. The third-order valence-electron chi connectivity index (χ3n) is 3.39. The van der Waals surface area contributed by atoms with Gasteiger partial charge in [0.25, 0.3) is 0 Å². The van der Waals surface area contributed by atoms with Crippen LogP contribution in [0.25, 0.3) is 10.8 Å². The van der Waals surface area contributed by atoms with Gasteiger partial charge in [0.2, 0.25) is 0 Å². The number of hydrogen-bond acceptors (Lipinski definition) is 1. The SMILES string of the molecule is Cc1cc(Cl)cc2cn(Cc3ccc(Cl)cc3)c(O)c12. The van der Waals surface area contributed by atoms with Crippen LogP contribution in [0.1, 0.15) is 11.1 Å². The Bertz CT molecular complexity index is 775. The molecule has 0 fully saturated rings. The van der Waals surface area contributed by atoms with Crippen molar-refractivity contribution < 1.29 is 5.11 Å². The molecular formula is C16H13Cl2NO. The highest BCUT2D eigenvalue weighted by atomic mass is 35.5. The number of fused-ring (bicyclic) bond motifs is 1. The van der Waals surface area contributed by atoms with Crippen molar-refractivity contribution in [1.29, 1.82) is 0 Å². The molecule has 2 nitrogen and oxygen atoms in total. The molecule has 3 aromatic rings. The Labute approximate surface area is 127 Å². The second-order valence-electron chi connectivity index (χ2n) is 4.89. The highest BCUT2D eigenvalue weighted by molar-refractivity contribution is 6.31. The van der Waals surface area contributed by atoms with Gasteiger partial charge in [-0.3, -0.25) is 0 Å². The Morgan fingerprint density at radius 2 is 1.75 bits per heavy atom. The van der Waals surface area contributed by atoms with Crippen LogP contribution in [0.2, 0.25) is 10.0 Å². The molecule has 1 aromatic heterocycles. The maximum Gasteiger partial charge on any atom is 0.199 e. The summed E-state index contributed by atoms with van der Waals surface area (Å²) in [7, 11) is 0. The van der Waals surface area contributed by atoms with Crippen LogP contribution in [0.5, 0.6) is 5.88 Å². The number of halogens is 2. The van der Waals surface area contributed by atoms with E-state index < -0.39 is 0 Å². The van der Waals surface area contributed by atoms with Gasteiger partial charge in [0.05, 0.1) is 6.54 Å². The third kappa shape index (κ3) is 2.37. The van der Waals surface area contributed by atoms with Gasteiger partial charge in [-0.15, -0.1) is 0 Å². The molecule has 0 unspecified atom stereocenters. The summed E-state index contributed by atoms with van der Waals surface area (Å²) in [6.07, 6.45) is 1.91. The summed E-state index contributed by atoms with van der Waals surface area (Å²) >= 11 is 11.9. The second-order valence-corrected chi connectivity index (χ2v) is 5.77. The van der Waals surface area contributed by atoms with Gasteiger partial charge in [-0.1, -0.05) is 35.3 Å². The third-order valence-corrected chi connectivity index (χ3v) is 3.86. The van der Waals surface area contributed by atoms with Gasteiger partial charge in [-0.25, -0.2) is 0 Å². The summed E-state index contributed by atoms with van der Waals surface area (Å²) in [5, 5.41) is 13.6. The van der Waals surface area contributed by atoms with Crippen LogP contribution in [0, 0.1) is 6.92 Å². The fourth-order valence-electron chi connectivity index (χ4n) is 2.46. The van der Waals surface area contributed by atoms with Gasteiger partial charge in [-0.05, 0) is 42.3 Å². The van der Waals surface area contributed by atoms with E-state index in [0.717, 1.165) is 21.9 Å². The maximum atomic E-state index is 10.4. The molecule has 0 saturated carbocycles. The zero-order chi connectivity index (χ0) is 14.3. The molecule has 3 rings (SSSR count). The molecule has 0 saturated heterocycles. The quantitative estimate of drug-likeness (QED) is 0.707. The molecule has 0 amide bonds. The van der Waals surface area contributed by atoms with Crippen LogP contribution < -0.4 is 0 Å². The molecule has 0 radical (unpaired) electrons. The van der Waals surface area contributed by atoms with E-state index in [1.807, 2.05) is 54.1 Å². The predicted molar refractivity (Wildman–Crippen MR) is 83.9 cm³/mol. The minimum atomic E-state index is 0.268. The first-order valence-corrected chi connectivity index (χ1v) is 7.02. The molecule has 1 heterocycles. The maximum absolute atomic E-state index is 10.4. The predicted octanol–water partition coefficient (Wildman–Crippen LogP) is 5.01. The molecule has 0 atom stereocenters. The Morgan fingerprint density at radius 3 is 2.45 bits per heavy atom. The zero-order valence-corrected chi connectivity index (χ0v) is 12.4. The number of rotatable bonds is 2. The summed E-state index contributed by atoms with van der Waals surface area (Å²) in [6.45, 7) is 2.54. The number of aromatic hydroxyl groups is 1. The summed E-state index contributed by atoms with van der Waals surface area (Å²) in [4.78, 5) is 0. The minimum absolute atomic E-state index is 0.268. The number of benzene rings is 2. The second kappa shape index (κ2) is 5.04. The Hall–Kier alpha value is -1.64. The monoisotopic (exact) mass is 305 g/mol. The molecule has 1 N–H and O–H groups in total. The highest BCUT2D eigenvalue weighted by Crippen LogP contribution is 2.33. The van der Waals surface area contributed by atoms with E-state index >= 15 is 0 Å². The van der Waals surface area contributed by atoms with E-state index in [1.54, 1.807) is 0 Å². The average Bonchev–Trinajstić information content (AvgIpc) is 2.69. The standard InChI is InChI=1S/C16H13Cl2NO/c1-10-6-14(18)7-12-9-19(16(20)15(10)12)8-11-2-4-13(17)5-3-11/h2-7,9,20H,8H2,1H3. The summed E-state index contributed by atoms with van der Waals surface area (Å²) in [5.74, 6) is 0.268. The molecule has 0 aliphatic rings. The number of hydrogen-bond donors (Lipinski definition) is 1.